The summed E-state index contributed by atoms with van der Waals surface area (Å²) in [5.74, 6) is 1.38. The Bertz CT molecular complexity index is 964. The molecule has 2 heterocycles. The van der Waals surface area contributed by atoms with Crippen LogP contribution in [-0.2, 0) is 6.42 Å². The number of oxazole rings is 1. The first kappa shape index (κ1) is 20.3. The molecule has 0 unspecified atom stereocenters. The zero-order valence-electron chi connectivity index (χ0n) is 16.9. The maximum atomic E-state index is 14.3. The van der Waals surface area contributed by atoms with E-state index in [9.17, 15) is 9.18 Å². The van der Waals surface area contributed by atoms with E-state index in [4.69, 9.17) is 9.15 Å². The molecular weight excluding hydrogens is 385 g/mol. The first-order valence-electron chi connectivity index (χ1n) is 10.6. The van der Waals surface area contributed by atoms with Crippen LogP contribution < -0.4 is 4.74 Å². The molecule has 1 fully saturated rings. The SMILES string of the molecule is O=C(CCCCCCc1ncc(-c2cc(OC3CCC3)ccc2F)[nH]1)c1ncco1. The number of carbonyl (C=O) groups is 1. The number of halogens is 1. The molecule has 0 spiro atoms. The van der Waals surface area contributed by atoms with Crippen LogP contribution in [0.2, 0.25) is 0 Å². The predicted molar refractivity (Wildman–Crippen MR) is 110 cm³/mol. The van der Waals surface area contributed by atoms with Crippen molar-refractivity contribution in [2.45, 2.75) is 63.9 Å². The summed E-state index contributed by atoms with van der Waals surface area (Å²) in [6.07, 6.45) is 13.1. The molecule has 1 aromatic carbocycles. The van der Waals surface area contributed by atoms with Crippen molar-refractivity contribution in [1.82, 2.24) is 15.0 Å². The summed E-state index contributed by atoms with van der Waals surface area (Å²) in [6.45, 7) is 0. The van der Waals surface area contributed by atoms with Crippen molar-refractivity contribution in [3.05, 3.63) is 54.4 Å². The normalized spacial score (nSPS) is 13.9. The van der Waals surface area contributed by atoms with Crippen molar-refractivity contribution in [3.63, 3.8) is 0 Å². The molecule has 7 heteroatoms. The summed E-state index contributed by atoms with van der Waals surface area (Å²) in [6, 6.07) is 4.88. The molecule has 0 bridgehead atoms. The lowest BCUT2D eigenvalue weighted by Gasteiger charge is -2.26. The van der Waals surface area contributed by atoms with Crippen LogP contribution in [0, 0.1) is 5.82 Å². The average Bonchev–Trinajstić information content (AvgIpc) is 3.40. The predicted octanol–water partition coefficient (Wildman–Crippen LogP) is 5.51. The van der Waals surface area contributed by atoms with Gasteiger partial charge in [-0.3, -0.25) is 4.79 Å². The zero-order valence-corrected chi connectivity index (χ0v) is 16.9. The second-order valence-electron chi connectivity index (χ2n) is 7.73. The highest BCUT2D eigenvalue weighted by Gasteiger charge is 2.20. The van der Waals surface area contributed by atoms with Gasteiger partial charge in [-0.15, -0.1) is 0 Å². The van der Waals surface area contributed by atoms with Gasteiger partial charge < -0.3 is 14.1 Å². The molecule has 6 nitrogen and oxygen atoms in total. The van der Waals surface area contributed by atoms with Crippen molar-refractivity contribution >= 4 is 5.78 Å². The highest BCUT2D eigenvalue weighted by Crippen LogP contribution is 2.30. The first-order valence-corrected chi connectivity index (χ1v) is 10.6. The van der Waals surface area contributed by atoms with E-state index in [1.165, 1.54) is 24.9 Å². The van der Waals surface area contributed by atoms with E-state index in [0.717, 1.165) is 50.8 Å². The third kappa shape index (κ3) is 5.14. The topological polar surface area (TPSA) is 81.0 Å². The summed E-state index contributed by atoms with van der Waals surface area (Å²) >= 11 is 0. The van der Waals surface area contributed by atoms with Crippen LogP contribution in [0.4, 0.5) is 4.39 Å². The number of hydrogen-bond acceptors (Lipinski definition) is 5. The molecule has 0 amide bonds. The number of unbranched alkanes of at least 4 members (excludes halogenated alkanes) is 3. The summed E-state index contributed by atoms with van der Waals surface area (Å²) in [5.41, 5.74) is 1.15. The number of Topliss-reactive ketones (excluding diaryl/α,β-unsaturated/α-hetero) is 1. The number of hydrogen-bond donors (Lipinski definition) is 1. The molecule has 2 aromatic heterocycles. The molecule has 1 aliphatic carbocycles. The summed E-state index contributed by atoms with van der Waals surface area (Å²) in [4.78, 5) is 23.3. The number of ketones is 1. The Balaban J connectivity index is 1.22. The van der Waals surface area contributed by atoms with Crippen LogP contribution in [0.3, 0.4) is 0 Å². The molecule has 30 heavy (non-hydrogen) atoms. The van der Waals surface area contributed by atoms with Gasteiger partial charge >= 0.3 is 0 Å². The molecule has 1 N–H and O–H groups in total. The number of nitrogens with one attached hydrogen (secondary N) is 1. The number of H-pyrrole nitrogens is 1. The van der Waals surface area contributed by atoms with Crippen molar-refractivity contribution in [2.75, 3.05) is 0 Å². The second kappa shape index (κ2) is 9.69. The molecule has 0 radical (unpaired) electrons. The minimum absolute atomic E-state index is 0.0544. The van der Waals surface area contributed by atoms with Gasteiger partial charge in [-0.1, -0.05) is 12.8 Å². The van der Waals surface area contributed by atoms with Gasteiger partial charge in [-0.05, 0) is 50.3 Å². The number of nitrogens with zero attached hydrogens (tertiary/aromatic N) is 2. The Morgan fingerprint density at radius 3 is 2.83 bits per heavy atom. The van der Waals surface area contributed by atoms with Gasteiger partial charge in [0.05, 0.1) is 24.2 Å². The molecule has 0 aliphatic heterocycles. The van der Waals surface area contributed by atoms with Gasteiger partial charge in [-0.2, -0.15) is 0 Å². The van der Waals surface area contributed by atoms with E-state index in [-0.39, 0.29) is 23.6 Å². The molecule has 3 aromatic rings. The largest absolute Gasteiger partial charge is 0.490 e. The van der Waals surface area contributed by atoms with Gasteiger partial charge in [0.2, 0.25) is 5.78 Å². The zero-order chi connectivity index (χ0) is 20.8. The smallest absolute Gasteiger partial charge is 0.263 e. The molecule has 0 atom stereocenters. The van der Waals surface area contributed by atoms with Crippen LogP contribution in [0.25, 0.3) is 11.3 Å². The number of ether oxygens (including phenoxy) is 1. The fraction of sp³-hybridized carbons (Fsp3) is 0.435. The maximum Gasteiger partial charge on any atom is 0.263 e. The molecular formula is C23H26FN3O3. The van der Waals surface area contributed by atoms with E-state index < -0.39 is 0 Å². The third-order valence-electron chi connectivity index (χ3n) is 5.45. The minimum Gasteiger partial charge on any atom is -0.490 e. The summed E-state index contributed by atoms with van der Waals surface area (Å²) < 4.78 is 25.2. The molecule has 1 saturated carbocycles. The lowest BCUT2D eigenvalue weighted by molar-refractivity contribution is 0.0945. The van der Waals surface area contributed by atoms with Gasteiger partial charge in [-0.25, -0.2) is 14.4 Å². The van der Waals surface area contributed by atoms with Crippen LogP contribution in [0.1, 0.15) is 67.9 Å². The van der Waals surface area contributed by atoms with Gasteiger partial charge in [0.1, 0.15) is 23.7 Å². The summed E-state index contributed by atoms with van der Waals surface area (Å²) in [7, 11) is 0. The van der Waals surface area contributed by atoms with Gasteiger partial charge in [0.15, 0.2) is 0 Å². The van der Waals surface area contributed by atoms with Crippen LogP contribution in [0.5, 0.6) is 5.75 Å². The molecule has 158 valence electrons. The van der Waals surface area contributed by atoms with Crippen molar-refractivity contribution < 1.29 is 18.3 Å². The minimum atomic E-state index is -0.290. The van der Waals surface area contributed by atoms with E-state index in [0.29, 0.717) is 23.4 Å². The van der Waals surface area contributed by atoms with E-state index >= 15 is 0 Å². The van der Waals surface area contributed by atoms with E-state index in [1.54, 1.807) is 18.3 Å². The number of imidazole rings is 1. The Labute approximate surface area is 174 Å². The van der Waals surface area contributed by atoms with Crippen molar-refractivity contribution in [1.29, 1.82) is 0 Å². The molecule has 0 saturated heterocycles. The molecule has 4 rings (SSSR count). The number of rotatable bonds is 11. The van der Waals surface area contributed by atoms with E-state index in [2.05, 4.69) is 15.0 Å². The lowest BCUT2D eigenvalue weighted by atomic mass is 9.96. The summed E-state index contributed by atoms with van der Waals surface area (Å²) in [5, 5.41) is 0. The number of carbonyl (C=O) groups excluding carboxylic acids is 1. The van der Waals surface area contributed by atoms with Crippen LogP contribution in [-0.4, -0.2) is 26.8 Å². The first-order chi connectivity index (χ1) is 14.7. The highest BCUT2D eigenvalue weighted by molar-refractivity contribution is 5.91. The number of aromatic amines is 1. The standard InChI is InChI=1S/C23H26FN3O3/c24-19-11-10-17(30-16-6-5-7-16)14-18(19)20-15-26-22(27-20)9-4-2-1-3-8-21(28)23-25-12-13-29-23/h10-16H,1-9H2,(H,26,27). The second-order valence-corrected chi connectivity index (χ2v) is 7.73. The fourth-order valence-corrected chi connectivity index (χ4v) is 3.49. The average molecular weight is 411 g/mol. The van der Waals surface area contributed by atoms with Crippen LogP contribution >= 0.6 is 0 Å². The van der Waals surface area contributed by atoms with Crippen molar-refractivity contribution in [3.8, 4) is 17.0 Å². The number of benzene rings is 1. The monoisotopic (exact) mass is 411 g/mol. The van der Waals surface area contributed by atoms with Gasteiger partial charge in [0.25, 0.3) is 5.89 Å². The van der Waals surface area contributed by atoms with Gasteiger partial charge in [0, 0.05) is 18.4 Å². The lowest BCUT2D eigenvalue weighted by Crippen LogP contribution is -2.24. The Morgan fingerprint density at radius 1 is 1.20 bits per heavy atom. The highest BCUT2D eigenvalue weighted by atomic mass is 19.1. The number of aromatic nitrogens is 3. The Morgan fingerprint density at radius 2 is 2.07 bits per heavy atom. The maximum absolute atomic E-state index is 14.3. The Kier molecular flexibility index (Phi) is 6.57. The van der Waals surface area contributed by atoms with Crippen LogP contribution in [0.15, 0.2) is 41.3 Å². The van der Waals surface area contributed by atoms with E-state index in [1.807, 2.05) is 0 Å². The Hall–Kier alpha value is -2.96. The van der Waals surface area contributed by atoms with Crippen molar-refractivity contribution in [2.24, 2.45) is 0 Å². The quantitative estimate of drug-likeness (QED) is 0.332. The molecule has 1 aliphatic rings. The third-order valence-corrected chi connectivity index (χ3v) is 5.45. The number of aryl methyl sites for hydroxylation is 1. The fourth-order valence-electron chi connectivity index (χ4n) is 3.49.